The Hall–Kier alpha value is -1.46. The average Bonchev–Trinajstić information content (AvgIpc) is 3.04. The van der Waals surface area contributed by atoms with E-state index >= 15 is 0 Å². The Kier molecular flexibility index (Phi) is 3.48. The molecule has 1 aliphatic rings. The zero-order valence-corrected chi connectivity index (χ0v) is 12.3. The molecule has 0 unspecified atom stereocenters. The number of fused-ring (bicyclic) bond motifs is 1. The number of carbonyl (C=O) groups excluding carboxylic acids is 1. The number of aliphatic hydroxyl groups is 1. The van der Waals surface area contributed by atoms with Crippen LogP contribution in [-0.4, -0.2) is 33.5 Å². The Balaban J connectivity index is 1.75. The second-order valence-electron chi connectivity index (χ2n) is 5.48. The summed E-state index contributed by atoms with van der Waals surface area (Å²) in [6.45, 7) is 0.459. The summed E-state index contributed by atoms with van der Waals surface area (Å²) in [6.07, 6.45) is 3.01. The Bertz CT molecular complexity index is 599. The molecule has 0 spiro atoms. The lowest BCUT2D eigenvalue weighted by Gasteiger charge is -2.27. The molecule has 106 valence electrons. The summed E-state index contributed by atoms with van der Waals surface area (Å²) in [5.74, 6) is -0.172. The van der Waals surface area contributed by atoms with E-state index in [9.17, 15) is 9.90 Å². The fraction of sp³-hybridized carbons (Fsp3) is 0.467. The van der Waals surface area contributed by atoms with E-state index in [1.165, 1.54) is 0 Å². The highest BCUT2D eigenvalue weighted by Gasteiger charge is 2.40. The molecule has 2 aromatic rings. The van der Waals surface area contributed by atoms with Gasteiger partial charge in [-0.3, -0.25) is 4.79 Å². The van der Waals surface area contributed by atoms with Gasteiger partial charge in [-0.05, 0) is 37.8 Å². The van der Waals surface area contributed by atoms with E-state index in [0.717, 1.165) is 28.1 Å². The average molecular weight is 290 g/mol. The summed E-state index contributed by atoms with van der Waals surface area (Å²) in [5.41, 5.74) is -0.182. The highest BCUT2D eigenvalue weighted by atomic mass is 32.1. The third kappa shape index (κ3) is 2.43. The Morgan fingerprint density at radius 3 is 2.80 bits per heavy atom. The molecule has 1 heterocycles. The lowest BCUT2D eigenvalue weighted by molar-refractivity contribution is -0.149. The first kappa shape index (κ1) is 13.5. The molecular formula is C15H18N2O2S. The number of aromatic nitrogens is 1. The molecule has 20 heavy (non-hydrogen) atoms. The van der Waals surface area contributed by atoms with Gasteiger partial charge in [0.2, 0.25) is 0 Å². The molecule has 1 aromatic carbocycles. The van der Waals surface area contributed by atoms with Gasteiger partial charge in [0.25, 0.3) is 5.91 Å². The van der Waals surface area contributed by atoms with Crippen LogP contribution in [0.2, 0.25) is 0 Å². The van der Waals surface area contributed by atoms with Crippen molar-refractivity contribution in [1.29, 1.82) is 0 Å². The van der Waals surface area contributed by atoms with Crippen molar-refractivity contribution in [3.8, 4) is 0 Å². The molecule has 1 aliphatic carbocycles. The van der Waals surface area contributed by atoms with Gasteiger partial charge in [-0.1, -0.05) is 12.1 Å². The molecule has 1 fully saturated rings. The first-order chi connectivity index (χ1) is 9.58. The zero-order chi connectivity index (χ0) is 14.2. The molecule has 1 amide bonds. The monoisotopic (exact) mass is 290 g/mol. The molecule has 1 N–H and O–H groups in total. The third-order valence-corrected chi connectivity index (χ3v) is 4.91. The van der Waals surface area contributed by atoms with E-state index in [-0.39, 0.29) is 5.91 Å². The van der Waals surface area contributed by atoms with Crippen LogP contribution in [0.1, 0.15) is 30.7 Å². The smallest absolute Gasteiger partial charge is 0.254 e. The summed E-state index contributed by atoms with van der Waals surface area (Å²) in [6, 6.07) is 7.95. The normalized spacial score (nSPS) is 17.5. The van der Waals surface area contributed by atoms with E-state index in [2.05, 4.69) is 4.98 Å². The highest BCUT2D eigenvalue weighted by molar-refractivity contribution is 7.18. The Morgan fingerprint density at radius 2 is 2.10 bits per heavy atom. The predicted octanol–water partition coefficient (Wildman–Crippen LogP) is 2.56. The number of rotatable bonds is 3. The summed E-state index contributed by atoms with van der Waals surface area (Å²) < 4.78 is 1.13. The van der Waals surface area contributed by atoms with Crippen LogP contribution in [0.3, 0.4) is 0 Å². The van der Waals surface area contributed by atoms with Crippen LogP contribution >= 0.6 is 11.3 Å². The van der Waals surface area contributed by atoms with Crippen molar-refractivity contribution in [1.82, 2.24) is 9.88 Å². The highest BCUT2D eigenvalue weighted by Crippen LogP contribution is 2.31. The number of amides is 1. The van der Waals surface area contributed by atoms with Crippen molar-refractivity contribution in [2.75, 3.05) is 7.05 Å². The van der Waals surface area contributed by atoms with Crippen LogP contribution in [0.15, 0.2) is 24.3 Å². The van der Waals surface area contributed by atoms with Crippen molar-refractivity contribution >= 4 is 27.5 Å². The topological polar surface area (TPSA) is 53.4 Å². The number of benzene rings is 1. The van der Waals surface area contributed by atoms with Crippen LogP contribution < -0.4 is 0 Å². The van der Waals surface area contributed by atoms with Crippen LogP contribution in [0, 0.1) is 0 Å². The molecule has 1 saturated carbocycles. The second kappa shape index (κ2) is 5.14. The number of hydrogen-bond donors (Lipinski definition) is 1. The summed E-state index contributed by atoms with van der Waals surface area (Å²) >= 11 is 1.60. The van der Waals surface area contributed by atoms with Gasteiger partial charge in [-0.25, -0.2) is 4.98 Å². The van der Waals surface area contributed by atoms with Gasteiger partial charge < -0.3 is 10.0 Å². The molecule has 0 aliphatic heterocycles. The molecule has 0 bridgehead atoms. The lowest BCUT2D eigenvalue weighted by Crippen LogP contribution is -2.45. The SMILES string of the molecule is CN(Cc1nc2ccccc2s1)C(=O)C1(O)CCCC1. The van der Waals surface area contributed by atoms with Gasteiger partial charge in [0.05, 0.1) is 16.8 Å². The van der Waals surface area contributed by atoms with E-state index in [0.29, 0.717) is 19.4 Å². The van der Waals surface area contributed by atoms with Crippen molar-refractivity contribution in [2.45, 2.75) is 37.8 Å². The number of para-hydroxylation sites is 1. The van der Waals surface area contributed by atoms with Crippen molar-refractivity contribution in [2.24, 2.45) is 0 Å². The number of likely N-dealkylation sites (N-methyl/N-ethyl adjacent to an activating group) is 1. The van der Waals surface area contributed by atoms with Gasteiger partial charge in [0, 0.05) is 7.05 Å². The van der Waals surface area contributed by atoms with Gasteiger partial charge in [-0.2, -0.15) is 0 Å². The first-order valence-corrected chi connectivity index (χ1v) is 7.72. The first-order valence-electron chi connectivity index (χ1n) is 6.91. The van der Waals surface area contributed by atoms with Gasteiger partial charge in [0.1, 0.15) is 10.6 Å². The Morgan fingerprint density at radius 1 is 1.40 bits per heavy atom. The van der Waals surface area contributed by atoms with Crippen molar-refractivity contribution in [3.63, 3.8) is 0 Å². The maximum Gasteiger partial charge on any atom is 0.254 e. The largest absolute Gasteiger partial charge is 0.380 e. The van der Waals surface area contributed by atoms with Crippen LogP contribution in [0.25, 0.3) is 10.2 Å². The van der Waals surface area contributed by atoms with Gasteiger partial charge in [-0.15, -0.1) is 11.3 Å². The third-order valence-electron chi connectivity index (χ3n) is 3.89. The van der Waals surface area contributed by atoms with Crippen LogP contribution in [0.4, 0.5) is 0 Å². The molecule has 1 aromatic heterocycles. The summed E-state index contributed by atoms with van der Waals surface area (Å²) in [7, 11) is 1.74. The fourth-order valence-electron chi connectivity index (χ4n) is 2.79. The van der Waals surface area contributed by atoms with E-state index in [1.54, 1.807) is 23.3 Å². The summed E-state index contributed by atoms with van der Waals surface area (Å²) in [5, 5.41) is 11.2. The van der Waals surface area contributed by atoms with Crippen LogP contribution in [-0.2, 0) is 11.3 Å². The van der Waals surface area contributed by atoms with Gasteiger partial charge >= 0.3 is 0 Å². The van der Waals surface area contributed by atoms with Crippen molar-refractivity contribution in [3.05, 3.63) is 29.3 Å². The maximum absolute atomic E-state index is 12.3. The van der Waals surface area contributed by atoms with Crippen LogP contribution in [0.5, 0.6) is 0 Å². The molecule has 0 atom stereocenters. The number of thiazole rings is 1. The minimum Gasteiger partial charge on any atom is -0.380 e. The number of hydrogen-bond acceptors (Lipinski definition) is 4. The molecule has 4 nitrogen and oxygen atoms in total. The van der Waals surface area contributed by atoms with Crippen molar-refractivity contribution < 1.29 is 9.90 Å². The quantitative estimate of drug-likeness (QED) is 0.945. The Labute approximate surface area is 122 Å². The minimum atomic E-state index is -1.15. The van der Waals surface area contributed by atoms with Gasteiger partial charge in [0.15, 0.2) is 0 Å². The number of nitrogens with zero attached hydrogens (tertiary/aromatic N) is 2. The molecular weight excluding hydrogens is 272 g/mol. The van der Waals surface area contributed by atoms with E-state index in [4.69, 9.17) is 0 Å². The standard InChI is InChI=1S/C15H18N2O2S/c1-17(14(18)15(19)8-4-5-9-15)10-13-16-11-6-2-3-7-12(11)20-13/h2-3,6-7,19H,4-5,8-10H2,1H3. The minimum absolute atomic E-state index is 0.172. The molecule has 5 heteroatoms. The molecule has 0 radical (unpaired) electrons. The molecule has 3 rings (SSSR count). The zero-order valence-electron chi connectivity index (χ0n) is 11.5. The second-order valence-corrected chi connectivity index (χ2v) is 6.59. The predicted molar refractivity (Wildman–Crippen MR) is 79.5 cm³/mol. The van der Waals surface area contributed by atoms with E-state index in [1.807, 2.05) is 24.3 Å². The maximum atomic E-state index is 12.3. The summed E-state index contributed by atoms with van der Waals surface area (Å²) in [4.78, 5) is 18.5. The lowest BCUT2D eigenvalue weighted by atomic mass is 10.0. The molecule has 0 saturated heterocycles. The number of carbonyl (C=O) groups is 1. The van der Waals surface area contributed by atoms with E-state index < -0.39 is 5.60 Å². The fourth-order valence-corrected chi connectivity index (χ4v) is 3.81.